The molecule has 0 radical (unpaired) electrons. The van der Waals surface area contributed by atoms with Crippen molar-refractivity contribution in [3.8, 4) is 5.75 Å². The molecular weight excluding hydrogens is 352 g/mol. The number of carbonyl (C=O) groups is 1. The molecule has 1 rings (SSSR count). The molecule has 0 aliphatic heterocycles. The summed E-state index contributed by atoms with van der Waals surface area (Å²) in [6, 6.07) is 4.23. The van der Waals surface area contributed by atoms with Crippen molar-refractivity contribution in [2.45, 2.75) is 70.1 Å². The van der Waals surface area contributed by atoms with Gasteiger partial charge in [0.05, 0.1) is 0 Å². The predicted molar refractivity (Wildman–Crippen MR) is 110 cm³/mol. The maximum atomic E-state index is 10.7. The Morgan fingerprint density at radius 3 is 1.92 bits per heavy atom. The van der Waals surface area contributed by atoms with Gasteiger partial charge in [0.1, 0.15) is 5.75 Å². The van der Waals surface area contributed by atoms with Gasteiger partial charge in [0, 0.05) is 33.9 Å². The molecule has 0 atom stereocenters. The third-order valence-electron chi connectivity index (χ3n) is 3.88. The molecule has 25 heavy (non-hydrogen) atoms. The van der Waals surface area contributed by atoms with E-state index in [4.69, 9.17) is 5.11 Å². The molecule has 0 aliphatic carbocycles. The number of thioether (sulfide) groups is 2. The van der Waals surface area contributed by atoms with Crippen LogP contribution in [0.15, 0.2) is 17.0 Å². The number of carboxylic acids is 1. The summed E-state index contributed by atoms with van der Waals surface area (Å²) in [5.41, 5.74) is 1.78. The Morgan fingerprint density at radius 1 is 0.960 bits per heavy atom. The zero-order valence-corrected chi connectivity index (χ0v) is 17.9. The quantitative estimate of drug-likeness (QED) is 0.446. The first-order valence-electron chi connectivity index (χ1n) is 8.73. The van der Waals surface area contributed by atoms with Crippen molar-refractivity contribution in [3.63, 3.8) is 0 Å². The van der Waals surface area contributed by atoms with Gasteiger partial charge in [-0.2, -0.15) is 11.8 Å². The van der Waals surface area contributed by atoms with Crippen molar-refractivity contribution >= 4 is 29.5 Å². The van der Waals surface area contributed by atoms with Crippen LogP contribution in [0.25, 0.3) is 0 Å². The number of phenolic OH excluding ortho intramolecular Hbond substituents is 1. The lowest BCUT2D eigenvalue weighted by molar-refractivity contribution is -0.137. The number of aromatic hydroxyl groups is 1. The maximum absolute atomic E-state index is 10.7. The molecule has 3 nitrogen and oxygen atoms in total. The Morgan fingerprint density at radius 2 is 1.48 bits per heavy atom. The molecule has 0 heterocycles. The van der Waals surface area contributed by atoms with Gasteiger partial charge < -0.3 is 10.2 Å². The van der Waals surface area contributed by atoms with E-state index in [-0.39, 0.29) is 17.3 Å². The Kier molecular flexibility index (Phi) is 8.20. The fourth-order valence-electron chi connectivity index (χ4n) is 2.48. The minimum Gasteiger partial charge on any atom is -0.507 e. The summed E-state index contributed by atoms with van der Waals surface area (Å²) < 4.78 is 0. The van der Waals surface area contributed by atoms with E-state index in [0.717, 1.165) is 34.8 Å². The minimum absolute atomic E-state index is 0.105. The van der Waals surface area contributed by atoms with E-state index in [1.165, 1.54) is 4.90 Å². The minimum atomic E-state index is -0.719. The molecule has 0 aromatic heterocycles. The van der Waals surface area contributed by atoms with Crippen molar-refractivity contribution in [3.05, 3.63) is 23.3 Å². The van der Waals surface area contributed by atoms with Crippen molar-refractivity contribution in [1.82, 2.24) is 0 Å². The molecule has 2 N–H and O–H groups in total. The van der Waals surface area contributed by atoms with Crippen LogP contribution in [0.5, 0.6) is 5.75 Å². The third-order valence-corrected chi connectivity index (χ3v) is 6.18. The first-order valence-corrected chi connectivity index (χ1v) is 10.9. The van der Waals surface area contributed by atoms with Gasteiger partial charge in [-0.1, -0.05) is 41.5 Å². The van der Waals surface area contributed by atoms with E-state index in [9.17, 15) is 9.90 Å². The lowest BCUT2D eigenvalue weighted by Gasteiger charge is -2.28. The second kappa shape index (κ2) is 9.22. The van der Waals surface area contributed by atoms with E-state index < -0.39 is 5.97 Å². The van der Waals surface area contributed by atoms with Crippen molar-refractivity contribution in [1.29, 1.82) is 0 Å². The van der Waals surface area contributed by atoms with Crippen molar-refractivity contribution in [2.24, 2.45) is 0 Å². The number of aliphatic carboxylic acids is 1. The zero-order chi connectivity index (χ0) is 19.3. The fraction of sp³-hybridized carbons (Fsp3) is 0.650. The largest absolute Gasteiger partial charge is 0.507 e. The first-order chi connectivity index (χ1) is 11.4. The highest BCUT2D eigenvalue weighted by atomic mass is 32.2. The van der Waals surface area contributed by atoms with Crippen LogP contribution < -0.4 is 0 Å². The Labute approximate surface area is 161 Å². The van der Waals surface area contributed by atoms with Crippen LogP contribution in [0.2, 0.25) is 0 Å². The van der Waals surface area contributed by atoms with Crippen molar-refractivity contribution < 1.29 is 15.0 Å². The molecular formula is C20H32O3S2. The number of benzene rings is 1. The lowest BCUT2D eigenvalue weighted by Crippen LogP contribution is -2.17. The van der Waals surface area contributed by atoms with Gasteiger partial charge in [-0.05, 0) is 35.1 Å². The fourth-order valence-corrected chi connectivity index (χ4v) is 4.48. The highest BCUT2D eigenvalue weighted by Crippen LogP contribution is 2.41. The predicted octanol–water partition coefficient (Wildman–Crippen LogP) is 5.68. The standard InChI is InChI=1S/C20H32O3S2/c1-19(2,3)15-12-14(13-16(18(15)23)20(4,5)6)25-11-10-24-9-7-8-17(21)22/h12-13,23H,7-11H2,1-6H3,(H,21,22). The van der Waals surface area contributed by atoms with Crippen molar-refractivity contribution in [2.75, 3.05) is 17.3 Å². The molecule has 0 unspecified atom stereocenters. The Hall–Kier alpha value is -0.810. The average Bonchev–Trinajstić information content (AvgIpc) is 2.44. The highest BCUT2D eigenvalue weighted by Gasteiger charge is 2.26. The van der Waals surface area contributed by atoms with Crippen LogP contribution in [-0.4, -0.2) is 33.4 Å². The molecule has 0 amide bonds. The smallest absolute Gasteiger partial charge is 0.303 e. The number of phenols is 1. The Balaban J connectivity index is 2.75. The average molecular weight is 385 g/mol. The molecule has 0 aliphatic rings. The number of rotatable bonds is 8. The molecule has 0 saturated carbocycles. The van der Waals surface area contributed by atoms with E-state index >= 15 is 0 Å². The Bertz CT molecular complexity index is 549. The summed E-state index contributed by atoms with van der Waals surface area (Å²) in [5, 5.41) is 19.4. The summed E-state index contributed by atoms with van der Waals surface area (Å²) in [6.45, 7) is 12.8. The van der Waals surface area contributed by atoms with Crippen LogP contribution in [-0.2, 0) is 15.6 Å². The second-order valence-corrected chi connectivity index (χ2v) is 10.7. The summed E-state index contributed by atoms with van der Waals surface area (Å²) >= 11 is 3.61. The number of carboxylic acid groups (broad SMARTS) is 1. The topological polar surface area (TPSA) is 57.5 Å². The van der Waals surface area contributed by atoms with E-state index in [1.807, 2.05) is 0 Å². The van der Waals surface area contributed by atoms with E-state index in [2.05, 4.69) is 53.7 Å². The second-order valence-electron chi connectivity index (χ2n) is 8.33. The van der Waals surface area contributed by atoms with Gasteiger partial charge in [-0.3, -0.25) is 4.79 Å². The maximum Gasteiger partial charge on any atom is 0.303 e. The van der Waals surface area contributed by atoms with Crippen LogP contribution in [0.3, 0.4) is 0 Å². The lowest BCUT2D eigenvalue weighted by atomic mass is 9.79. The SMILES string of the molecule is CC(C)(C)c1cc(SCCSCCCC(=O)O)cc(C(C)(C)C)c1O. The van der Waals surface area contributed by atoms with Gasteiger partial charge in [-0.15, -0.1) is 11.8 Å². The van der Waals surface area contributed by atoms with Gasteiger partial charge in [0.15, 0.2) is 0 Å². The molecule has 0 saturated heterocycles. The first kappa shape index (κ1) is 22.2. The highest BCUT2D eigenvalue weighted by molar-refractivity contribution is 8.02. The molecule has 142 valence electrons. The third kappa shape index (κ3) is 7.53. The molecule has 5 heteroatoms. The summed E-state index contributed by atoms with van der Waals surface area (Å²) in [7, 11) is 0. The summed E-state index contributed by atoms with van der Waals surface area (Å²) in [6.07, 6.45) is 0.980. The van der Waals surface area contributed by atoms with E-state index in [1.54, 1.807) is 23.5 Å². The zero-order valence-electron chi connectivity index (χ0n) is 16.3. The van der Waals surface area contributed by atoms with Gasteiger partial charge in [-0.25, -0.2) is 0 Å². The molecule has 0 fully saturated rings. The van der Waals surface area contributed by atoms with Crippen LogP contribution in [0.4, 0.5) is 0 Å². The summed E-state index contributed by atoms with van der Waals surface area (Å²) in [4.78, 5) is 11.7. The van der Waals surface area contributed by atoms with E-state index in [0.29, 0.717) is 5.75 Å². The molecule has 0 bridgehead atoms. The number of hydrogen-bond donors (Lipinski definition) is 2. The normalized spacial score (nSPS) is 12.4. The van der Waals surface area contributed by atoms with Crippen LogP contribution >= 0.6 is 23.5 Å². The molecule has 1 aromatic carbocycles. The van der Waals surface area contributed by atoms with Gasteiger partial charge in [0.2, 0.25) is 0 Å². The molecule has 0 spiro atoms. The van der Waals surface area contributed by atoms with Gasteiger partial charge in [0.25, 0.3) is 0 Å². The summed E-state index contributed by atoms with van der Waals surface area (Å²) in [5.74, 6) is 2.58. The van der Waals surface area contributed by atoms with Crippen LogP contribution in [0, 0.1) is 0 Å². The van der Waals surface area contributed by atoms with Gasteiger partial charge >= 0.3 is 5.97 Å². The monoisotopic (exact) mass is 384 g/mol. The number of hydrogen-bond acceptors (Lipinski definition) is 4. The van der Waals surface area contributed by atoms with Crippen LogP contribution in [0.1, 0.15) is 65.5 Å². The molecule has 1 aromatic rings.